The van der Waals surface area contributed by atoms with Crippen molar-refractivity contribution in [1.29, 1.82) is 0 Å². The summed E-state index contributed by atoms with van der Waals surface area (Å²) in [6.07, 6.45) is 0.941. The molecule has 21 heavy (non-hydrogen) atoms. The second kappa shape index (κ2) is 6.72. The highest BCUT2D eigenvalue weighted by Gasteiger charge is 2.10. The Bertz CT molecular complexity index is 619. The van der Waals surface area contributed by atoms with Gasteiger partial charge in [-0.25, -0.2) is 0 Å². The van der Waals surface area contributed by atoms with Crippen LogP contribution >= 0.6 is 11.6 Å². The zero-order chi connectivity index (χ0) is 15.4. The maximum Gasteiger partial charge on any atom is 0.138 e. The average Bonchev–Trinajstić information content (AvgIpc) is 2.49. The molecule has 2 N–H and O–H groups in total. The lowest BCUT2D eigenvalue weighted by molar-refractivity contribution is 0.305. The van der Waals surface area contributed by atoms with Crippen molar-refractivity contribution in [2.75, 3.05) is 12.4 Å². The monoisotopic (exact) mass is 305 g/mol. The van der Waals surface area contributed by atoms with Crippen LogP contribution in [0, 0.1) is 6.92 Å². The predicted octanol–water partition coefficient (Wildman–Crippen LogP) is 4.54. The van der Waals surface area contributed by atoms with Gasteiger partial charge in [0.1, 0.15) is 18.1 Å². The average molecular weight is 306 g/mol. The summed E-state index contributed by atoms with van der Waals surface area (Å²) < 4.78 is 5.86. The Balaban J connectivity index is 2.26. The normalized spacial score (nSPS) is 10.5. The van der Waals surface area contributed by atoms with Crippen molar-refractivity contribution in [3.05, 3.63) is 52.0 Å². The van der Waals surface area contributed by atoms with E-state index in [1.165, 1.54) is 11.6 Å². The summed E-state index contributed by atoms with van der Waals surface area (Å²) in [6.45, 7) is 4.37. The van der Waals surface area contributed by atoms with E-state index in [9.17, 15) is 5.11 Å². The first kappa shape index (κ1) is 15.5. The Kier molecular flexibility index (Phi) is 4.97. The third-order valence-corrected chi connectivity index (χ3v) is 3.84. The Morgan fingerprint density at radius 2 is 2.05 bits per heavy atom. The van der Waals surface area contributed by atoms with Crippen LogP contribution in [-0.4, -0.2) is 12.2 Å². The number of aryl methyl sites for hydroxylation is 2. The van der Waals surface area contributed by atoms with Gasteiger partial charge in [0.05, 0.1) is 5.02 Å². The molecule has 3 nitrogen and oxygen atoms in total. The minimum atomic E-state index is 0.178. The summed E-state index contributed by atoms with van der Waals surface area (Å²) in [4.78, 5) is 0. The number of halogens is 1. The number of ether oxygens (including phenoxy) is 1. The van der Waals surface area contributed by atoms with Gasteiger partial charge >= 0.3 is 0 Å². The van der Waals surface area contributed by atoms with Gasteiger partial charge in [0.15, 0.2) is 0 Å². The van der Waals surface area contributed by atoms with Gasteiger partial charge in [0.2, 0.25) is 0 Å². The van der Waals surface area contributed by atoms with E-state index in [4.69, 9.17) is 16.3 Å². The number of aromatic hydroxyl groups is 1. The fraction of sp³-hybridized carbons (Fsp3) is 0.294. The lowest BCUT2D eigenvalue weighted by Crippen LogP contribution is -2.04. The van der Waals surface area contributed by atoms with E-state index in [0.717, 1.165) is 23.2 Å². The van der Waals surface area contributed by atoms with Crippen LogP contribution in [0.4, 0.5) is 5.69 Å². The van der Waals surface area contributed by atoms with E-state index in [-0.39, 0.29) is 5.75 Å². The third-order valence-electron chi connectivity index (χ3n) is 3.55. The van der Waals surface area contributed by atoms with Crippen LogP contribution in [0.2, 0.25) is 5.02 Å². The van der Waals surface area contributed by atoms with Crippen molar-refractivity contribution in [2.45, 2.75) is 26.9 Å². The molecule has 0 atom stereocenters. The first-order valence-electron chi connectivity index (χ1n) is 6.97. The Morgan fingerprint density at radius 1 is 1.29 bits per heavy atom. The zero-order valence-corrected chi connectivity index (χ0v) is 13.3. The third kappa shape index (κ3) is 3.42. The van der Waals surface area contributed by atoms with Gasteiger partial charge < -0.3 is 15.2 Å². The molecule has 0 amide bonds. The van der Waals surface area contributed by atoms with Gasteiger partial charge in [-0.05, 0) is 36.6 Å². The number of hydrogen-bond donors (Lipinski definition) is 2. The molecule has 0 aliphatic heterocycles. The largest absolute Gasteiger partial charge is 0.508 e. The number of anilines is 1. The van der Waals surface area contributed by atoms with E-state index in [1.54, 1.807) is 6.07 Å². The fourth-order valence-electron chi connectivity index (χ4n) is 2.28. The molecule has 0 heterocycles. The van der Waals surface area contributed by atoms with Crippen LogP contribution in [0.1, 0.15) is 23.6 Å². The molecule has 2 rings (SSSR count). The molecule has 2 aromatic rings. The van der Waals surface area contributed by atoms with Gasteiger partial charge in [-0.2, -0.15) is 0 Å². The first-order chi connectivity index (χ1) is 10.1. The summed E-state index contributed by atoms with van der Waals surface area (Å²) in [5, 5.41) is 13.2. The van der Waals surface area contributed by atoms with Crippen LogP contribution in [0.3, 0.4) is 0 Å². The predicted molar refractivity (Wildman–Crippen MR) is 87.6 cm³/mol. The highest BCUT2D eigenvalue weighted by Crippen LogP contribution is 2.32. The van der Waals surface area contributed by atoms with Gasteiger partial charge in [0.25, 0.3) is 0 Å². The van der Waals surface area contributed by atoms with Crippen molar-refractivity contribution in [1.82, 2.24) is 0 Å². The second-order valence-electron chi connectivity index (χ2n) is 4.90. The number of phenolic OH excluding ortho intramolecular Hbond substituents is 1. The molecule has 0 unspecified atom stereocenters. The van der Waals surface area contributed by atoms with Crippen LogP contribution in [0.15, 0.2) is 30.3 Å². The van der Waals surface area contributed by atoms with E-state index < -0.39 is 0 Å². The molecular weight excluding hydrogens is 286 g/mol. The first-order valence-corrected chi connectivity index (χ1v) is 7.35. The van der Waals surface area contributed by atoms with Crippen molar-refractivity contribution in [3.63, 3.8) is 0 Å². The molecule has 2 aromatic carbocycles. The second-order valence-corrected chi connectivity index (χ2v) is 5.31. The van der Waals surface area contributed by atoms with Gasteiger partial charge in [-0.3, -0.25) is 0 Å². The van der Waals surface area contributed by atoms with Crippen molar-refractivity contribution in [3.8, 4) is 11.5 Å². The highest BCUT2D eigenvalue weighted by molar-refractivity contribution is 6.32. The van der Waals surface area contributed by atoms with E-state index in [2.05, 4.69) is 18.3 Å². The lowest BCUT2D eigenvalue weighted by Gasteiger charge is -2.16. The zero-order valence-electron chi connectivity index (χ0n) is 12.5. The number of nitrogens with one attached hydrogen (secondary N) is 1. The molecule has 0 aliphatic carbocycles. The topological polar surface area (TPSA) is 41.5 Å². The number of benzene rings is 2. The molecule has 0 fully saturated rings. The lowest BCUT2D eigenvalue weighted by atomic mass is 10.0. The number of rotatable bonds is 5. The maximum absolute atomic E-state index is 9.62. The molecule has 0 radical (unpaired) electrons. The molecule has 0 aromatic heterocycles. The molecule has 0 spiro atoms. The van der Waals surface area contributed by atoms with Crippen LogP contribution in [-0.2, 0) is 13.0 Å². The van der Waals surface area contributed by atoms with Crippen molar-refractivity contribution < 1.29 is 9.84 Å². The molecule has 4 heteroatoms. The summed E-state index contributed by atoms with van der Waals surface area (Å²) in [6, 6.07) is 9.43. The SMILES string of the molecule is CCc1cccc(NC)c1COc1cc(C)c(O)cc1Cl. The minimum absolute atomic E-state index is 0.178. The number of phenols is 1. The summed E-state index contributed by atoms with van der Waals surface area (Å²) in [7, 11) is 1.90. The van der Waals surface area contributed by atoms with Crippen LogP contribution in [0.5, 0.6) is 11.5 Å². The minimum Gasteiger partial charge on any atom is -0.508 e. The van der Waals surface area contributed by atoms with E-state index in [1.807, 2.05) is 26.1 Å². The van der Waals surface area contributed by atoms with Crippen LogP contribution < -0.4 is 10.1 Å². The van der Waals surface area contributed by atoms with Gasteiger partial charge in [0, 0.05) is 24.4 Å². The molecule has 0 bridgehead atoms. The van der Waals surface area contributed by atoms with Crippen LogP contribution in [0.25, 0.3) is 0 Å². The summed E-state index contributed by atoms with van der Waals surface area (Å²) in [5.74, 6) is 0.761. The van der Waals surface area contributed by atoms with E-state index in [0.29, 0.717) is 17.4 Å². The highest BCUT2D eigenvalue weighted by atomic mass is 35.5. The molecule has 0 saturated heterocycles. The summed E-state index contributed by atoms with van der Waals surface area (Å²) in [5.41, 5.74) is 4.17. The molecular formula is C17H20ClNO2. The van der Waals surface area contributed by atoms with Gasteiger partial charge in [-0.1, -0.05) is 30.7 Å². The Morgan fingerprint density at radius 3 is 2.71 bits per heavy atom. The standard InChI is InChI=1S/C17H20ClNO2/c1-4-12-6-5-7-15(19-3)13(12)10-21-17-8-11(2)16(20)9-14(17)18/h5-9,19-20H,4,10H2,1-3H3. The summed E-state index contributed by atoms with van der Waals surface area (Å²) >= 11 is 6.11. The maximum atomic E-state index is 9.62. The van der Waals surface area contributed by atoms with Crippen molar-refractivity contribution in [2.24, 2.45) is 0 Å². The quantitative estimate of drug-likeness (QED) is 0.852. The molecule has 0 aliphatic rings. The number of hydrogen-bond acceptors (Lipinski definition) is 3. The Labute approximate surface area is 130 Å². The fourth-order valence-corrected chi connectivity index (χ4v) is 2.49. The van der Waals surface area contributed by atoms with Crippen molar-refractivity contribution >= 4 is 17.3 Å². The Hall–Kier alpha value is -1.87. The molecule has 112 valence electrons. The molecule has 0 saturated carbocycles. The van der Waals surface area contributed by atoms with Gasteiger partial charge in [-0.15, -0.1) is 0 Å². The smallest absolute Gasteiger partial charge is 0.138 e. The van der Waals surface area contributed by atoms with E-state index >= 15 is 0 Å².